The molecule has 0 aliphatic heterocycles. The molecular formula is C15H16N2O5S. The van der Waals surface area contributed by atoms with Crippen molar-refractivity contribution in [1.29, 1.82) is 0 Å². The number of nitrogens with one attached hydrogen (secondary N) is 1. The smallest absolute Gasteiger partial charge is 0.259 e. The fourth-order valence-corrected chi connectivity index (χ4v) is 2.43. The molecule has 0 heterocycles. The van der Waals surface area contributed by atoms with Crippen LogP contribution in [0.2, 0.25) is 0 Å². The van der Waals surface area contributed by atoms with Crippen molar-refractivity contribution in [3.63, 3.8) is 0 Å². The molecule has 0 radical (unpaired) electrons. The number of carbonyl (C=O) groups is 1. The van der Waals surface area contributed by atoms with E-state index in [4.69, 9.17) is 14.6 Å². The van der Waals surface area contributed by atoms with Crippen LogP contribution in [-0.4, -0.2) is 28.5 Å². The lowest BCUT2D eigenvalue weighted by Crippen LogP contribution is -2.14. The third-order valence-corrected chi connectivity index (χ3v) is 4.02. The number of methoxy groups -OCH3 is 2. The first kappa shape index (κ1) is 16.8. The number of hydrogen-bond acceptors (Lipinski definition) is 5. The number of nitrogens with two attached hydrogens (primary N) is 1. The molecule has 23 heavy (non-hydrogen) atoms. The van der Waals surface area contributed by atoms with Gasteiger partial charge in [-0.2, -0.15) is 0 Å². The highest BCUT2D eigenvalue weighted by atomic mass is 32.2. The van der Waals surface area contributed by atoms with E-state index in [9.17, 15) is 13.2 Å². The largest absolute Gasteiger partial charge is 0.497 e. The summed E-state index contributed by atoms with van der Waals surface area (Å²) in [7, 11) is -0.799. The van der Waals surface area contributed by atoms with Gasteiger partial charge in [0.1, 0.15) is 11.5 Å². The molecule has 0 fully saturated rings. The monoisotopic (exact) mass is 336 g/mol. The molecule has 0 unspecified atom stereocenters. The van der Waals surface area contributed by atoms with E-state index in [-0.39, 0.29) is 4.90 Å². The first-order valence-corrected chi connectivity index (χ1v) is 8.06. The second-order valence-corrected chi connectivity index (χ2v) is 6.15. The summed E-state index contributed by atoms with van der Waals surface area (Å²) in [5, 5.41) is 7.67. The zero-order valence-electron chi connectivity index (χ0n) is 12.6. The molecule has 0 saturated heterocycles. The van der Waals surface area contributed by atoms with Gasteiger partial charge >= 0.3 is 0 Å². The molecule has 2 rings (SSSR count). The van der Waals surface area contributed by atoms with E-state index in [0.29, 0.717) is 22.7 Å². The summed E-state index contributed by atoms with van der Waals surface area (Å²) >= 11 is 0. The predicted octanol–water partition coefficient (Wildman–Crippen LogP) is 1.60. The Balaban J connectivity index is 2.22. The number of amides is 1. The van der Waals surface area contributed by atoms with Crippen molar-refractivity contribution in [2.75, 3.05) is 19.5 Å². The van der Waals surface area contributed by atoms with Gasteiger partial charge in [0.15, 0.2) is 0 Å². The van der Waals surface area contributed by atoms with Gasteiger partial charge in [0, 0.05) is 11.8 Å². The van der Waals surface area contributed by atoms with Crippen LogP contribution in [0.4, 0.5) is 5.69 Å². The van der Waals surface area contributed by atoms with Gasteiger partial charge in [0.2, 0.25) is 10.0 Å². The van der Waals surface area contributed by atoms with E-state index in [1.807, 2.05) is 0 Å². The lowest BCUT2D eigenvalue weighted by atomic mass is 10.1. The molecule has 3 N–H and O–H groups in total. The third kappa shape index (κ3) is 3.99. The quantitative estimate of drug-likeness (QED) is 0.862. The highest BCUT2D eigenvalue weighted by Gasteiger charge is 2.14. The molecule has 0 bridgehead atoms. The van der Waals surface area contributed by atoms with Crippen molar-refractivity contribution in [3.05, 3.63) is 48.0 Å². The lowest BCUT2D eigenvalue weighted by molar-refractivity contribution is 0.102. The average molecular weight is 336 g/mol. The molecule has 8 heteroatoms. The van der Waals surface area contributed by atoms with Crippen molar-refractivity contribution in [1.82, 2.24) is 0 Å². The van der Waals surface area contributed by atoms with Gasteiger partial charge in [0.05, 0.1) is 24.7 Å². The number of ether oxygens (including phenoxy) is 2. The Morgan fingerprint density at radius 2 is 1.70 bits per heavy atom. The van der Waals surface area contributed by atoms with Crippen molar-refractivity contribution < 1.29 is 22.7 Å². The molecule has 7 nitrogen and oxygen atoms in total. The van der Waals surface area contributed by atoms with Crippen LogP contribution in [0.25, 0.3) is 0 Å². The Kier molecular flexibility index (Phi) is 4.87. The Hall–Kier alpha value is -2.58. The summed E-state index contributed by atoms with van der Waals surface area (Å²) in [6.07, 6.45) is 0. The Bertz CT molecular complexity index is 816. The topological polar surface area (TPSA) is 108 Å². The molecule has 0 aromatic heterocycles. The number of rotatable bonds is 5. The van der Waals surface area contributed by atoms with Crippen LogP contribution < -0.4 is 19.9 Å². The van der Waals surface area contributed by atoms with Gasteiger partial charge in [-0.05, 0) is 36.4 Å². The minimum absolute atomic E-state index is 0.0301. The SMILES string of the molecule is COc1ccc(C(=O)Nc2ccc(S(N)(=O)=O)cc2)c(OC)c1. The van der Waals surface area contributed by atoms with Crippen molar-refractivity contribution in [2.24, 2.45) is 5.14 Å². The lowest BCUT2D eigenvalue weighted by Gasteiger charge is -2.11. The average Bonchev–Trinajstić information content (AvgIpc) is 2.53. The minimum atomic E-state index is -3.77. The van der Waals surface area contributed by atoms with E-state index in [1.54, 1.807) is 18.2 Å². The van der Waals surface area contributed by atoms with Crippen molar-refractivity contribution in [3.8, 4) is 11.5 Å². The van der Waals surface area contributed by atoms with E-state index in [1.165, 1.54) is 38.5 Å². The van der Waals surface area contributed by atoms with Crippen molar-refractivity contribution in [2.45, 2.75) is 4.90 Å². The Morgan fingerprint density at radius 3 is 2.22 bits per heavy atom. The maximum Gasteiger partial charge on any atom is 0.259 e. The zero-order chi connectivity index (χ0) is 17.0. The normalized spacial score (nSPS) is 10.9. The number of hydrogen-bond donors (Lipinski definition) is 2. The third-order valence-electron chi connectivity index (χ3n) is 3.09. The Labute approximate surface area is 134 Å². The van der Waals surface area contributed by atoms with E-state index in [0.717, 1.165) is 0 Å². The second kappa shape index (κ2) is 6.67. The fraction of sp³-hybridized carbons (Fsp3) is 0.133. The first-order valence-electron chi connectivity index (χ1n) is 6.51. The molecule has 0 aliphatic carbocycles. The fourth-order valence-electron chi connectivity index (χ4n) is 1.91. The Morgan fingerprint density at radius 1 is 1.04 bits per heavy atom. The van der Waals surface area contributed by atoms with Crippen LogP contribution in [0.1, 0.15) is 10.4 Å². The number of carbonyl (C=O) groups excluding carboxylic acids is 1. The van der Waals surface area contributed by atoms with Crippen LogP contribution in [0.15, 0.2) is 47.4 Å². The molecule has 2 aromatic carbocycles. The van der Waals surface area contributed by atoms with Crippen LogP contribution in [0.3, 0.4) is 0 Å². The number of primary sulfonamides is 1. The summed E-state index contributed by atoms with van der Waals surface area (Å²) in [6, 6.07) is 10.3. The van der Waals surface area contributed by atoms with Gasteiger partial charge in [-0.3, -0.25) is 4.79 Å². The molecule has 0 aliphatic rings. The van der Waals surface area contributed by atoms with E-state index < -0.39 is 15.9 Å². The van der Waals surface area contributed by atoms with Crippen LogP contribution in [-0.2, 0) is 10.0 Å². The maximum atomic E-state index is 12.3. The van der Waals surface area contributed by atoms with E-state index >= 15 is 0 Å². The number of anilines is 1. The zero-order valence-corrected chi connectivity index (χ0v) is 13.4. The summed E-state index contributed by atoms with van der Waals surface area (Å²) in [5.41, 5.74) is 0.754. The van der Waals surface area contributed by atoms with Gasteiger partial charge < -0.3 is 14.8 Å². The van der Waals surface area contributed by atoms with Crippen LogP contribution >= 0.6 is 0 Å². The molecule has 1 amide bonds. The molecule has 0 saturated carbocycles. The van der Waals surface area contributed by atoms with Crippen LogP contribution in [0, 0.1) is 0 Å². The summed E-state index contributed by atoms with van der Waals surface area (Å²) in [4.78, 5) is 12.3. The molecule has 0 atom stereocenters. The highest BCUT2D eigenvalue weighted by Crippen LogP contribution is 2.25. The standard InChI is InChI=1S/C15H16N2O5S/c1-21-11-5-8-13(14(9-11)22-2)15(18)17-10-3-6-12(7-4-10)23(16,19)20/h3-9H,1-2H3,(H,17,18)(H2,16,19,20). The molecular weight excluding hydrogens is 320 g/mol. The molecule has 122 valence electrons. The number of sulfonamides is 1. The second-order valence-electron chi connectivity index (χ2n) is 4.59. The first-order chi connectivity index (χ1) is 10.8. The van der Waals surface area contributed by atoms with Gasteiger partial charge in [0.25, 0.3) is 5.91 Å². The predicted molar refractivity (Wildman–Crippen MR) is 85.3 cm³/mol. The van der Waals surface area contributed by atoms with Gasteiger partial charge in [-0.15, -0.1) is 0 Å². The number of benzene rings is 2. The molecule has 2 aromatic rings. The maximum absolute atomic E-state index is 12.3. The van der Waals surface area contributed by atoms with Gasteiger partial charge in [-0.25, -0.2) is 13.6 Å². The van der Waals surface area contributed by atoms with Crippen molar-refractivity contribution >= 4 is 21.6 Å². The van der Waals surface area contributed by atoms with Gasteiger partial charge in [-0.1, -0.05) is 0 Å². The molecule has 0 spiro atoms. The van der Waals surface area contributed by atoms with Crippen LogP contribution in [0.5, 0.6) is 11.5 Å². The highest BCUT2D eigenvalue weighted by molar-refractivity contribution is 7.89. The van der Waals surface area contributed by atoms with E-state index in [2.05, 4.69) is 5.32 Å². The summed E-state index contributed by atoms with van der Waals surface area (Å²) < 4.78 is 32.6. The minimum Gasteiger partial charge on any atom is -0.497 e. The summed E-state index contributed by atoms with van der Waals surface area (Å²) in [5.74, 6) is 0.534. The summed E-state index contributed by atoms with van der Waals surface area (Å²) in [6.45, 7) is 0.